The van der Waals surface area contributed by atoms with Crippen LogP contribution in [0.25, 0.3) is 0 Å². The number of benzene rings is 1. The molecule has 1 aliphatic rings. The molecule has 1 saturated heterocycles. The lowest BCUT2D eigenvalue weighted by molar-refractivity contribution is 0.438. The Hall–Kier alpha value is -0.940. The summed E-state index contributed by atoms with van der Waals surface area (Å²) in [4.78, 5) is 2.34. The zero-order valence-corrected chi connectivity index (χ0v) is 13.3. The molecule has 1 aromatic rings. The second-order valence-corrected chi connectivity index (χ2v) is 7.55. The maximum Gasteiger partial charge on any atom is 0.233 e. The Morgan fingerprint density at radius 1 is 1.25 bits per heavy atom. The van der Waals surface area contributed by atoms with Crippen molar-refractivity contribution in [1.29, 1.82) is 0 Å². The van der Waals surface area contributed by atoms with Crippen LogP contribution in [-0.4, -0.2) is 33.1 Å². The van der Waals surface area contributed by atoms with Gasteiger partial charge in [0.05, 0.1) is 5.75 Å². The molecule has 0 atom stereocenters. The van der Waals surface area contributed by atoms with Gasteiger partial charge in [-0.15, -0.1) is 11.6 Å². The average Bonchev–Trinajstić information content (AvgIpc) is 2.40. The van der Waals surface area contributed by atoms with Gasteiger partial charge in [-0.1, -0.05) is 6.92 Å². The van der Waals surface area contributed by atoms with Gasteiger partial charge in [0, 0.05) is 30.3 Å². The van der Waals surface area contributed by atoms with E-state index < -0.39 is 10.0 Å². The van der Waals surface area contributed by atoms with Crippen molar-refractivity contribution in [3.05, 3.63) is 24.3 Å². The van der Waals surface area contributed by atoms with E-state index in [2.05, 4.69) is 16.5 Å². The van der Waals surface area contributed by atoms with Crippen LogP contribution in [0.4, 0.5) is 11.4 Å². The van der Waals surface area contributed by atoms with Gasteiger partial charge in [0.15, 0.2) is 0 Å². The van der Waals surface area contributed by atoms with Crippen LogP contribution in [0.3, 0.4) is 0 Å². The average molecular weight is 317 g/mol. The quantitative estimate of drug-likeness (QED) is 0.850. The first kappa shape index (κ1) is 15.4. The maximum atomic E-state index is 11.6. The Labute approximate surface area is 126 Å². The molecule has 1 aliphatic heterocycles. The van der Waals surface area contributed by atoms with E-state index in [4.69, 9.17) is 11.6 Å². The number of piperidine rings is 1. The van der Waals surface area contributed by atoms with Crippen LogP contribution < -0.4 is 9.62 Å². The molecular weight excluding hydrogens is 296 g/mol. The van der Waals surface area contributed by atoms with Gasteiger partial charge in [0.2, 0.25) is 10.0 Å². The Morgan fingerprint density at radius 3 is 2.40 bits per heavy atom. The number of nitrogens with one attached hydrogen (secondary N) is 1. The molecule has 112 valence electrons. The number of nitrogens with zero attached hydrogens (tertiary/aromatic N) is 1. The molecule has 4 nitrogen and oxygen atoms in total. The minimum Gasteiger partial charge on any atom is -0.372 e. The highest BCUT2D eigenvalue weighted by molar-refractivity contribution is 7.92. The van der Waals surface area contributed by atoms with Crippen molar-refractivity contribution in [2.45, 2.75) is 19.8 Å². The molecule has 20 heavy (non-hydrogen) atoms. The van der Waals surface area contributed by atoms with Crippen molar-refractivity contribution in [3.8, 4) is 0 Å². The van der Waals surface area contributed by atoms with E-state index in [1.54, 1.807) is 12.1 Å². The summed E-state index contributed by atoms with van der Waals surface area (Å²) in [5, 5.41) is 0. The summed E-state index contributed by atoms with van der Waals surface area (Å²) in [6.45, 7) is 4.42. The molecule has 0 spiro atoms. The Bertz CT molecular complexity index is 523. The fourth-order valence-corrected chi connectivity index (χ4v) is 3.75. The number of anilines is 2. The first-order valence-corrected chi connectivity index (χ1v) is 9.10. The molecule has 0 bridgehead atoms. The maximum absolute atomic E-state index is 11.6. The number of rotatable bonds is 5. The monoisotopic (exact) mass is 316 g/mol. The van der Waals surface area contributed by atoms with Crippen molar-refractivity contribution in [2.24, 2.45) is 5.92 Å². The summed E-state index contributed by atoms with van der Waals surface area (Å²) < 4.78 is 25.8. The summed E-state index contributed by atoms with van der Waals surface area (Å²) in [6, 6.07) is 7.54. The Morgan fingerprint density at radius 2 is 1.85 bits per heavy atom. The van der Waals surface area contributed by atoms with Gasteiger partial charge in [0.1, 0.15) is 0 Å². The van der Waals surface area contributed by atoms with Crippen LogP contribution in [0.1, 0.15) is 19.8 Å². The van der Waals surface area contributed by atoms with Crippen LogP contribution in [0.15, 0.2) is 24.3 Å². The first-order chi connectivity index (χ1) is 9.50. The van der Waals surface area contributed by atoms with E-state index in [-0.39, 0.29) is 11.6 Å². The smallest absolute Gasteiger partial charge is 0.233 e. The highest BCUT2D eigenvalue weighted by atomic mass is 35.5. The fourth-order valence-electron chi connectivity index (χ4n) is 2.34. The zero-order valence-electron chi connectivity index (χ0n) is 11.7. The van der Waals surface area contributed by atoms with Gasteiger partial charge < -0.3 is 4.90 Å². The molecule has 1 N–H and O–H groups in total. The third-order valence-corrected chi connectivity index (χ3v) is 5.34. The molecule has 0 aliphatic carbocycles. The lowest BCUT2D eigenvalue weighted by Crippen LogP contribution is -2.32. The first-order valence-electron chi connectivity index (χ1n) is 6.91. The number of sulfonamides is 1. The van der Waals surface area contributed by atoms with Crippen molar-refractivity contribution in [2.75, 3.05) is 34.3 Å². The lowest BCUT2D eigenvalue weighted by atomic mass is 9.99. The standard InChI is InChI=1S/C14H21ClN2O2S/c1-12-6-9-17(10-7-12)14-4-2-13(3-5-14)16-20(18,19)11-8-15/h2-5,12,16H,6-11H2,1H3. The van der Waals surface area contributed by atoms with Crippen molar-refractivity contribution < 1.29 is 8.42 Å². The summed E-state index contributed by atoms with van der Waals surface area (Å²) in [6.07, 6.45) is 2.42. The largest absolute Gasteiger partial charge is 0.372 e. The summed E-state index contributed by atoms with van der Waals surface area (Å²) in [7, 11) is -3.33. The van der Waals surface area contributed by atoms with Gasteiger partial charge in [-0.2, -0.15) is 0 Å². The predicted molar refractivity (Wildman–Crippen MR) is 85.2 cm³/mol. The van der Waals surface area contributed by atoms with E-state index in [0.29, 0.717) is 5.69 Å². The Balaban J connectivity index is 1.99. The topological polar surface area (TPSA) is 49.4 Å². The van der Waals surface area contributed by atoms with Gasteiger partial charge in [-0.05, 0) is 43.0 Å². The van der Waals surface area contributed by atoms with E-state index in [1.807, 2.05) is 12.1 Å². The van der Waals surface area contributed by atoms with Crippen LogP contribution in [0.2, 0.25) is 0 Å². The van der Waals surface area contributed by atoms with E-state index >= 15 is 0 Å². The minimum absolute atomic E-state index is 0.0691. The molecule has 0 radical (unpaired) electrons. The number of halogens is 1. The van der Waals surface area contributed by atoms with Crippen molar-refractivity contribution in [3.63, 3.8) is 0 Å². The molecule has 0 saturated carbocycles. The minimum atomic E-state index is -3.33. The van der Waals surface area contributed by atoms with Gasteiger partial charge in [-0.3, -0.25) is 4.72 Å². The number of alkyl halides is 1. The predicted octanol–water partition coefficient (Wildman–Crippen LogP) is 2.90. The highest BCUT2D eigenvalue weighted by Gasteiger charge is 2.16. The highest BCUT2D eigenvalue weighted by Crippen LogP contribution is 2.24. The molecule has 0 unspecified atom stereocenters. The molecule has 2 rings (SSSR count). The van der Waals surface area contributed by atoms with Crippen molar-refractivity contribution >= 4 is 33.0 Å². The van der Waals surface area contributed by atoms with E-state index in [1.165, 1.54) is 12.8 Å². The van der Waals surface area contributed by atoms with Gasteiger partial charge >= 0.3 is 0 Å². The SMILES string of the molecule is CC1CCN(c2ccc(NS(=O)(=O)CCCl)cc2)CC1. The van der Waals surface area contributed by atoms with Crippen LogP contribution in [-0.2, 0) is 10.0 Å². The van der Waals surface area contributed by atoms with Crippen molar-refractivity contribution in [1.82, 2.24) is 0 Å². The van der Waals surface area contributed by atoms with Gasteiger partial charge in [0.25, 0.3) is 0 Å². The molecule has 0 amide bonds. The zero-order chi connectivity index (χ0) is 14.6. The second-order valence-electron chi connectivity index (χ2n) is 5.33. The second kappa shape index (κ2) is 6.68. The van der Waals surface area contributed by atoms with Gasteiger partial charge in [-0.25, -0.2) is 8.42 Å². The molecule has 6 heteroatoms. The lowest BCUT2D eigenvalue weighted by Gasteiger charge is -2.32. The molecule has 1 aromatic carbocycles. The molecule has 1 heterocycles. The summed E-state index contributed by atoms with van der Waals surface area (Å²) in [5.74, 6) is 0.826. The van der Waals surface area contributed by atoms with Crippen LogP contribution in [0.5, 0.6) is 0 Å². The summed E-state index contributed by atoms with van der Waals surface area (Å²) >= 11 is 5.46. The summed E-state index contributed by atoms with van der Waals surface area (Å²) in [5.41, 5.74) is 1.74. The van der Waals surface area contributed by atoms with Crippen LogP contribution >= 0.6 is 11.6 Å². The van der Waals surface area contributed by atoms with E-state index in [0.717, 1.165) is 24.7 Å². The molecule has 0 aromatic heterocycles. The fraction of sp³-hybridized carbons (Fsp3) is 0.571. The third kappa shape index (κ3) is 4.28. The van der Waals surface area contributed by atoms with Crippen LogP contribution in [0, 0.1) is 5.92 Å². The number of hydrogen-bond acceptors (Lipinski definition) is 3. The number of hydrogen-bond donors (Lipinski definition) is 1. The van der Waals surface area contributed by atoms with E-state index in [9.17, 15) is 8.42 Å². The Kier molecular flexibility index (Phi) is 5.16. The third-order valence-electron chi connectivity index (χ3n) is 3.64. The molecular formula is C14H21ClN2O2S. The normalized spacial score (nSPS) is 17.2. The molecule has 1 fully saturated rings.